The minimum atomic E-state index is -0.523. The van der Waals surface area contributed by atoms with E-state index < -0.39 is 11.9 Å². The molecule has 2 aliphatic heterocycles. The van der Waals surface area contributed by atoms with Crippen LogP contribution in [0, 0.1) is 5.82 Å². The Labute approximate surface area is 163 Å². The molecule has 1 aromatic carbocycles. The fraction of sp³-hybridized carbons (Fsp3) is 0.476. The molecule has 0 bridgehead atoms. The molecule has 1 aromatic rings. The van der Waals surface area contributed by atoms with Gasteiger partial charge in [-0.05, 0) is 44.4 Å². The summed E-state index contributed by atoms with van der Waals surface area (Å²) in [7, 11) is 0. The first-order valence-corrected chi connectivity index (χ1v) is 9.63. The Kier molecular flexibility index (Phi) is 6.11. The standard InChI is InChI=1S/C21H25FN2O4/c1-3-28-21(27)20-14(2)24(13-19(26)23-10-4-5-11-23)18(25)12-17(20)15-6-8-16(22)9-7-15/h6-9,17H,3-5,10-13H2,1-2H3/t17-/m0/s1. The van der Waals surface area contributed by atoms with Crippen molar-refractivity contribution in [3.63, 3.8) is 0 Å². The van der Waals surface area contributed by atoms with Gasteiger partial charge in [0.2, 0.25) is 11.8 Å². The van der Waals surface area contributed by atoms with Crippen LogP contribution in [0.15, 0.2) is 35.5 Å². The van der Waals surface area contributed by atoms with E-state index in [0.717, 1.165) is 12.8 Å². The highest BCUT2D eigenvalue weighted by Gasteiger charge is 2.38. The van der Waals surface area contributed by atoms with E-state index >= 15 is 0 Å². The van der Waals surface area contributed by atoms with Crippen molar-refractivity contribution in [1.29, 1.82) is 0 Å². The van der Waals surface area contributed by atoms with Gasteiger partial charge in [0.1, 0.15) is 12.4 Å². The molecule has 2 aliphatic rings. The highest BCUT2D eigenvalue weighted by atomic mass is 19.1. The molecule has 2 amide bonds. The third-order valence-electron chi connectivity index (χ3n) is 5.34. The van der Waals surface area contributed by atoms with Crippen LogP contribution in [0.2, 0.25) is 0 Å². The second-order valence-electron chi connectivity index (χ2n) is 7.10. The van der Waals surface area contributed by atoms with Crippen molar-refractivity contribution >= 4 is 17.8 Å². The summed E-state index contributed by atoms with van der Waals surface area (Å²) in [5.41, 5.74) is 1.45. The first-order chi connectivity index (χ1) is 13.4. The van der Waals surface area contributed by atoms with Gasteiger partial charge < -0.3 is 14.5 Å². The molecule has 1 saturated heterocycles. The van der Waals surface area contributed by atoms with E-state index in [9.17, 15) is 18.8 Å². The molecule has 0 aromatic heterocycles. The lowest BCUT2D eigenvalue weighted by molar-refractivity contribution is -0.142. The number of nitrogens with zero attached hydrogens (tertiary/aromatic N) is 2. The molecule has 7 heteroatoms. The number of likely N-dealkylation sites (tertiary alicyclic amines) is 1. The van der Waals surface area contributed by atoms with Crippen LogP contribution in [0.3, 0.4) is 0 Å². The number of carbonyl (C=O) groups is 3. The lowest BCUT2D eigenvalue weighted by atomic mass is 9.83. The molecule has 1 fully saturated rings. The lowest BCUT2D eigenvalue weighted by Crippen LogP contribution is -2.44. The summed E-state index contributed by atoms with van der Waals surface area (Å²) in [6.07, 6.45) is 1.97. The summed E-state index contributed by atoms with van der Waals surface area (Å²) in [6, 6.07) is 5.76. The Bertz CT molecular complexity index is 797. The van der Waals surface area contributed by atoms with Crippen LogP contribution in [0.25, 0.3) is 0 Å². The summed E-state index contributed by atoms with van der Waals surface area (Å²) >= 11 is 0. The van der Waals surface area contributed by atoms with Gasteiger partial charge in [-0.25, -0.2) is 9.18 Å². The average Bonchev–Trinajstić information content (AvgIpc) is 3.20. The van der Waals surface area contributed by atoms with E-state index in [1.807, 2.05) is 0 Å². The lowest BCUT2D eigenvalue weighted by Gasteiger charge is -2.34. The van der Waals surface area contributed by atoms with Crippen LogP contribution in [0.1, 0.15) is 44.6 Å². The van der Waals surface area contributed by atoms with E-state index in [1.54, 1.807) is 30.9 Å². The molecule has 0 aliphatic carbocycles. The molecular formula is C21H25FN2O4. The summed E-state index contributed by atoms with van der Waals surface area (Å²) in [5, 5.41) is 0. The number of halogens is 1. The van der Waals surface area contributed by atoms with Gasteiger partial charge in [-0.1, -0.05) is 12.1 Å². The van der Waals surface area contributed by atoms with Gasteiger partial charge in [0.25, 0.3) is 0 Å². The molecule has 0 unspecified atom stereocenters. The molecule has 6 nitrogen and oxygen atoms in total. The smallest absolute Gasteiger partial charge is 0.336 e. The SMILES string of the molecule is CCOC(=O)C1=C(C)N(CC(=O)N2CCCC2)C(=O)C[C@H]1c1ccc(F)cc1. The molecule has 3 rings (SSSR count). The summed E-state index contributed by atoms with van der Waals surface area (Å²) in [5.74, 6) is -1.77. The second kappa shape index (κ2) is 8.54. The summed E-state index contributed by atoms with van der Waals surface area (Å²) in [4.78, 5) is 41.2. The minimum absolute atomic E-state index is 0.0321. The monoisotopic (exact) mass is 388 g/mol. The van der Waals surface area contributed by atoms with Gasteiger partial charge in [0.15, 0.2) is 0 Å². The molecule has 0 radical (unpaired) electrons. The van der Waals surface area contributed by atoms with Crippen molar-refractivity contribution in [2.45, 2.75) is 39.0 Å². The summed E-state index contributed by atoms with van der Waals surface area (Å²) in [6.45, 7) is 4.90. The number of hydrogen-bond acceptors (Lipinski definition) is 4. The van der Waals surface area contributed by atoms with Gasteiger partial charge in [-0.15, -0.1) is 0 Å². The molecule has 0 N–H and O–H groups in total. The van der Waals surface area contributed by atoms with Gasteiger partial charge in [-0.3, -0.25) is 9.59 Å². The number of benzene rings is 1. The maximum atomic E-state index is 13.3. The molecule has 150 valence electrons. The van der Waals surface area contributed by atoms with Gasteiger partial charge in [-0.2, -0.15) is 0 Å². The molecule has 0 saturated carbocycles. The van der Waals surface area contributed by atoms with E-state index in [-0.39, 0.29) is 37.2 Å². The maximum Gasteiger partial charge on any atom is 0.336 e. The number of rotatable bonds is 5. The Balaban J connectivity index is 1.94. The predicted octanol–water partition coefficient (Wildman–Crippen LogP) is 2.60. The van der Waals surface area contributed by atoms with Crippen LogP contribution >= 0.6 is 0 Å². The van der Waals surface area contributed by atoms with Crippen LogP contribution < -0.4 is 0 Å². The van der Waals surface area contributed by atoms with Crippen LogP contribution in [-0.2, 0) is 19.1 Å². The first-order valence-electron chi connectivity index (χ1n) is 9.63. The van der Waals surface area contributed by atoms with E-state index in [2.05, 4.69) is 0 Å². The van der Waals surface area contributed by atoms with Gasteiger partial charge >= 0.3 is 5.97 Å². The van der Waals surface area contributed by atoms with Crippen molar-refractivity contribution in [2.75, 3.05) is 26.2 Å². The fourth-order valence-corrected chi connectivity index (χ4v) is 3.86. The number of allylic oxidation sites excluding steroid dienone is 1. The van der Waals surface area contributed by atoms with Crippen LogP contribution in [0.5, 0.6) is 0 Å². The fourth-order valence-electron chi connectivity index (χ4n) is 3.86. The molecule has 0 spiro atoms. The van der Waals surface area contributed by atoms with E-state index in [0.29, 0.717) is 29.9 Å². The third kappa shape index (κ3) is 4.08. The predicted molar refractivity (Wildman–Crippen MR) is 101 cm³/mol. The molecule has 2 heterocycles. The number of hydrogen-bond donors (Lipinski definition) is 0. The third-order valence-corrected chi connectivity index (χ3v) is 5.34. The zero-order valence-electron chi connectivity index (χ0n) is 16.2. The Morgan fingerprint density at radius 2 is 1.82 bits per heavy atom. The molecule has 1 atom stereocenters. The number of ether oxygens (including phenoxy) is 1. The molecular weight excluding hydrogens is 363 g/mol. The zero-order chi connectivity index (χ0) is 20.3. The van der Waals surface area contributed by atoms with Gasteiger partial charge in [0.05, 0.1) is 12.2 Å². The largest absolute Gasteiger partial charge is 0.463 e. The number of amides is 2. The van der Waals surface area contributed by atoms with E-state index in [4.69, 9.17) is 4.74 Å². The average molecular weight is 388 g/mol. The number of esters is 1. The zero-order valence-corrected chi connectivity index (χ0v) is 16.2. The van der Waals surface area contributed by atoms with Crippen molar-refractivity contribution in [2.24, 2.45) is 0 Å². The van der Waals surface area contributed by atoms with Crippen LogP contribution in [0.4, 0.5) is 4.39 Å². The Morgan fingerprint density at radius 1 is 1.18 bits per heavy atom. The highest BCUT2D eigenvalue weighted by Crippen LogP contribution is 2.37. The minimum Gasteiger partial charge on any atom is -0.463 e. The first kappa shape index (κ1) is 20.0. The van der Waals surface area contributed by atoms with Crippen molar-refractivity contribution in [3.8, 4) is 0 Å². The Hall–Kier alpha value is -2.70. The quantitative estimate of drug-likeness (QED) is 0.728. The molecule has 28 heavy (non-hydrogen) atoms. The van der Waals surface area contributed by atoms with Crippen molar-refractivity contribution in [3.05, 3.63) is 46.9 Å². The van der Waals surface area contributed by atoms with E-state index in [1.165, 1.54) is 17.0 Å². The van der Waals surface area contributed by atoms with Crippen molar-refractivity contribution in [1.82, 2.24) is 9.80 Å². The Morgan fingerprint density at radius 3 is 2.43 bits per heavy atom. The van der Waals surface area contributed by atoms with Gasteiger partial charge in [0, 0.05) is 31.1 Å². The maximum absolute atomic E-state index is 13.3. The normalized spacial score (nSPS) is 20.0. The second-order valence-corrected chi connectivity index (χ2v) is 7.10. The summed E-state index contributed by atoms with van der Waals surface area (Å²) < 4.78 is 18.5. The van der Waals surface area contributed by atoms with Crippen LogP contribution in [-0.4, -0.2) is 53.8 Å². The highest BCUT2D eigenvalue weighted by molar-refractivity contribution is 5.97. The topological polar surface area (TPSA) is 66.9 Å². The van der Waals surface area contributed by atoms with Crippen molar-refractivity contribution < 1.29 is 23.5 Å². The number of carbonyl (C=O) groups excluding carboxylic acids is 3.